The van der Waals surface area contributed by atoms with E-state index in [1.54, 1.807) is 39.0 Å². The molecule has 0 unspecified atom stereocenters. The molecular formula is C26H34FN3O3S. The number of nitrogens with one attached hydrogen (secondary N) is 1. The molecule has 1 N–H and O–H groups in total. The van der Waals surface area contributed by atoms with Crippen molar-refractivity contribution in [2.75, 3.05) is 20.1 Å². The minimum atomic E-state index is -3.85. The number of sulfonamides is 1. The summed E-state index contributed by atoms with van der Waals surface area (Å²) < 4.78 is 50.3. The number of piperidine rings is 1. The van der Waals surface area contributed by atoms with E-state index < -0.39 is 26.9 Å². The molecule has 34 heavy (non-hydrogen) atoms. The van der Waals surface area contributed by atoms with Crippen molar-refractivity contribution in [3.05, 3.63) is 71.0 Å². The predicted octanol–water partition coefficient (Wildman–Crippen LogP) is 4.39. The van der Waals surface area contributed by atoms with E-state index in [9.17, 15) is 12.8 Å². The molecule has 1 fully saturated rings. The fourth-order valence-corrected chi connectivity index (χ4v) is 6.47. The molecule has 0 spiro atoms. The summed E-state index contributed by atoms with van der Waals surface area (Å²) in [6, 6.07) is 14.0. The van der Waals surface area contributed by atoms with Gasteiger partial charge in [-0.05, 0) is 83.3 Å². The zero-order chi connectivity index (χ0) is 24.5. The lowest BCUT2D eigenvalue weighted by molar-refractivity contribution is 0.0769. The van der Waals surface area contributed by atoms with Crippen molar-refractivity contribution >= 4 is 16.0 Å². The van der Waals surface area contributed by atoms with Gasteiger partial charge in [-0.25, -0.2) is 12.8 Å². The van der Waals surface area contributed by atoms with Crippen molar-refractivity contribution in [1.82, 2.24) is 10.2 Å². The second-order valence-electron chi connectivity index (χ2n) is 10.0. The van der Waals surface area contributed by atoms with Gasteiger partial charge < -0.3 is 15.0 Å². The van der Waals surface area contributed by atoms with Crippen molar-refractivity contribution < 1.29 is 17.5 Å². The number of nitrogens with zero attached hydrogens (tertiary/aromatic N) is 2. The van der Waals surface area contributed by atoms with Crippen molar-refractivity contribution in [3.8, 4) is 0 Å². The lowest BCUT2D eigenvalue weighted by atomic mass is 9.88. The minimum absolute atomic E-state index is 0.102. The van der Waals surface area contributed by atoms with Crippen LogP contribution in [0.3, 0.4) is 0 Å². The lowest BCUT2D eigenvalue weighted by Crippen LogP contribution is -2.52. The third-order valence-corrected chi connectivity index (χ3v) is 8.88. The van der Waals surface area contributed by atoms with Crippen molar-refractivity contribution in [3.63, 3.8) is 0 Å². The average Bonchev–Trinajstić information content (AvgIpc) is 2.77. The molecule has 6 nitrogen and oxygen atoms in total. The van der Waals surface area contributed by atoms with Gasteiger partial charge in [0.05, 0.1) is 6.04 Å². The van der Waals surface area contributed by atoms with Gasteiger partial charge in [-0.1, -0.05) is 42.5 Å². The van der Waals surface area contributed by atoms with Crippen LogP contribution in [0.1, 0.15) is 62.3 Å². The molecule has 0 bridgehead atoms. The first-order valence-corrected chi connectivity index (χ1v) is 13.4. The van der Waals surface area contributed by atoms with E-state index in [1.165, 1.54) is 11.6 Å². The summed E-state index contributed by atoms with van der Waals surface area (Å²) in [5.41, 5.74) is 1.65. The summed E-state index contributed by atoms with van der Waals surface area (Å²) in [5.74, 6) is 0.181. The summed E-state index contributed by atoms with van der Waals surface area (Å²) in [4.78, 5) is 2.35. The van der Waals surface area contributed by atoms with Crippen LogP contribution in [-0.2, 0) is 21.2 Å². The Bertz CT molecular complexity index is 1140. The van der Waals surface area contributed by atoms with Crippen LogP contribution in [0.5, 0.6) is 0 Å². The topological polar surface area (TPSA) is 71.0 Å². The maximum atomic E-state index is 14.1. The highest BCUT2D eigenvalue weighted by Crippen LogP contribution is 2.32. The first kappa shape index (κ1) is 24.7. The molecule has 0 amide bonds. The summed E-state index contributed by atoms with van der Waals surface area (Å²) in [7, 11) is -1.70. The number of likely N-dealkylation sites (tertiary alicyclic amines) is 1. The van der Waals surface area contributed by atoms with Crippen LogP contribution in [0.4, 0.5) is 4.39 Å². The van der Waals surface area contributed by atoms with Gasteiger partial charge in [0.25, 0.3) is 10.0 Å². The molecule has 2 aliphatic rings. The standard InChI is InChI=1S/C26H34FN3O3S/c1-18(22-7-5-6-8-23(22)27)28-25-29-34(31,32)24(26(2,3)33-25)17-19-9-11-20(12-10-19)21-13-15-30(4)16-14-21/h5-12,18,21,24H,13-17H2,1-4H3,(H,28,29)/t18-,24-/m0/s1. The SMILES string of the molecule is C[C@H](NC1=NS(=O)(=O)[C@@H](Cc2ccc(C3CCN(C)CC3)cc2)C(C)(C)O1)c1ccccc1F. The third kappa shape index (κ3) is 5.44. The van der Waals surface area contributed by atoms with Crippen LogP contribution in [0.25, 0.3) is 0 Å². The lowest BCUT2D eigenvalue weighted by Gasteiger charge is -2.37. The Morgan fingerprint density at radius 2 is 1.79 bits per heavy atom. The number of benzene rings is 2. The van der Waals surface area contributed by atoms with E-state index in [0.29, 0.717) is 17.9 Å². The molecule has 0 radical (unpaired) electrons. The maximum absolute atomic E-state index is 14.1. The van der Waals surface area contributed by atoms with Gasteiger partial charge in [-0.3, -0.25) is 0 Å². The van der Waals surface area contributed by atoms with Gasteiger partial charge in [0.1, 0.15) is 16.7 Å². The van der Waals surface area contributed by atoms with Crippen LogP contribution in [0, 0.1) is 5.82 Å². The van der Waals surface area contributed by atoms with E-state index >= 15 is 0 Å². The van der Waals surface area contributed by atoms with Gasteiger partial charge in [-0.15, -0.1) is 4.40 Å². The molecule has 2 aromatic rings. The molecule has 2 heterocycles. The Morgan fingerprint density at radius 1 is 1.15 bits per heavy atom. The molecule has 8 heteroatoms. The monoisotopic (exact) mass is 487 g/mol. The highest BCUT2D eigenvalue weighted by Gasteiger charge is 2.46. The Hall–Kier alpha value is -2.45. The molecule has 1 saturated heterocycles. The molecule has 4 rings (SSSR count). The number of hydrogen-bond donors (Lipinski definition) is 1. The Balaban J connectivity index is 1.48. The smallest absolute Gasteiger partial charge is 0.301 e. The normalized spacial score (nSPS) is 23.6. The van der Waals surface area contributed by atoms with Crippen LogP contribution < -0.4 is 5.32 Å². The fraction of sp³-hybridized carbons (Fsp3) is 0.500. The zero-order valence-corrected chi connectivity index (χ0v) is 21.1. The van der Waals surface area contributed by atoms with Crippen molar-refractivity contribution in [2.24, 2.45) is 4.40 Å². The minimum Gasteiger partial charge on any atom is -0.457 e. The molecule has 0 aliphatic carbocycles. The number of hydrogen-bond acceptors (Lipinski definition) is 5. The second-order valence-corrected chi connectivity index (χ2v) is 11.8. The summed E-state index contributed by atoms with van der Waals surface area (Å²) in [6.45, 7) is 7.45. The second kappa shape index (κ2) is 9.66. The molecule has 0 saturated carbocycles. The molecule has 0 aromatic heterocycles. The number of halogens is 1. The van der Waals surface area contributed by atoms with E-state index in [0.717, 1.165) is 31.5 Å². The van der Waals surface area contributed by atoms with E-state index in [4.69, 9.17) is 4.74 Å². The van der Waals surface area contributed by atoms with Gasteiger partial charge in [0.2, 0.25) is 0 Å². The zero-order valence-electron chi connectivity index (χ0n) is 20.3. The third-order valence-electron chi connectivity index (χ3n) is 7.01. The van der Waals surface area contributed by atoms with Crippen LogP contribution in [0.15, 0.2) is 52.9 Å². The highest BCUT2D eigenvalue weighted by molar-refractivity contribution is 7.91. The van der Waals surface area contributed by atoms with E-state index in [-0.39, 0.29) is 11.8 Å². The number of rotatable bonds is 5. The number of ether oxygens (including phenoxy) is 1. The highest BCUT2D eigenvalue weighted by atomic mass is 32.2. The molecule has 2 atom stereocenters. The van der Waals surface area contributed by atoms with Crippen LogP contribution in [-0.4, -0.2) is 50.3 Å². The summed E-state index contributed by atoms with van der Waals surface area (Å²) in [5, 5.41) is 2.09. The fourth-order valence-electron chi connectivity index (χ4n) is 4.85. The predicted molar refractivity (Wildman–Crippen MR) is 133 cm³/mol. The molecule has 2 aliphatic heterocycles. The van der Waals surface area contributed by atoms with E-state index in [1.807, 2.05) is 12.1 Å². The molecular weight excluding hydrogens is 453 g/mol. The maximum Gasteiger partial charge on any atom is 0.301 e. The van der Waals surface area contributed by atoms with Gasteiger partial charge in [0, 0.05) is 5.56 Å². The Labute approximate surface area is 202 Å². The first-order valence-electron chi connectivity index (χ1n) is 11.9. The van der Waals surface area contributed by atoms with Crippen molar-refractivity contribution in [2.45, 2.75) is 62.8 Å². The summed E-state index contributed by atoms with van der Waals surface area (Å²) >= 11 is 0. The Kier molecular flexibility index (Phi) is 7.01. The van der Waals surface area contributed by atoms with Gasteiger partial charge in [0.15, 0.2) is 0 Å². The van der Waals surface area contributed by atoms with Crippen LogP contribution in [0.2, 0.25) is 0 Å². The van der Waals surface area contributed by atoms with Crippen molar-refractivity contribution in [1.29, 1.82) is 0 Å². The van der Waals surface area contributed by atoms with E-state index in [2.05, 4.69) is 33.8 Å². The number of amidine groups is 1. The largest absolute Gasteiger partial charge is 0.457 e. The van der Waals surface area contributed by atoms with Crippen LogP contribution >= 0.6 is 0 Å². The average molecular weight is 488 g/mol. The molecule has 184 valence electrons. The quantitative estimate of drug-likeness (QED) is 0.677. The van der Waals surface area contributed by atoms with Gasteiger partial charge in [-0.2, -0.15) is 0 Å². The Morgan fingerprint density at radius 3 is 2.41 bits per heavy atom. The van der Waals surface area contributed by atoms with Gasteiger partial charge >= 0.3 is 6.02 Å². The summed E-state index contributed by atoms with van der Waals surface area (Å²) in [6.07, 6.45) is 2.59. The molecule has 2 aromatic carbocycles. The first-order chi connectivity index (χ1) is 16.0.